The van der Waals surface area contributed by atoms with Crippen molar-refractivity contribution in [3.05, 3.63) is 52.7 Å². The first kappa shape index (κ1) is 13.9. The summed E-state index contributed by atoms with van der Waals surface area (Å²) in [6.45, 7) is 7.82. The fraction of sp³-hybridized carbons (Fsp3) is 0.353. The van der Waals surface area contributed by atoms with Gasteiger partial charge in [-0.1, -0.05) is 0 Å². The van der Waals surface area contributed by atoms with E-state index in [9.17, 15) is 0 Å². The number of nitrogens with one attached hydrogen (secondary N) is 1. The van der Waals surface area contributed by atoms with Gasteiger partial charge in [-0.15, -0.1) is 0 Å². The minimum atomic E-state index is 0.754. The molecule has 0 aliphatic heterocycles. The number of imidazole rings is 1. The second-order valence-corrected chi connectivity index (χ2v) is 5.62. The van der Waals surface area contributed by atoms with Gasteiger partial charge >= 0.3 is 0 Å². The SMILES string of the molecule is CNCc1cc(Cn2cnc3cc(C)c(C)cc32)c(C)o1. The number of aromatic nitrogens is 2. The predicted octanol–water partition coefficient (Wildman–Crippen LogP) is 3.32. The van der Waals surface area contributed by atoms with Crippen molar-refractivity contribution < 1.29 is 4.42 Å². The molecule has 0 saturated carbocycles. The molecule has 2 aromatic heterocycles. The number of rotatable bonds is 4. The summed E-state index contributed by atoms with van der Waals surface area (Å²) in [5, 5.41) is 3.11. The number of fused-ring (bicyclic) bond motifs is 1. The summed E-state index contributed by atoms with van der Waals surface area (Å²) in [7, 11) is 1.92. The van der Waals surface area contributed by atoms with E-state index in [4.69, 9.17) is 4.42 Å². The summed E-state index contributed by atoms with van der Waals surface area (Å²) in [6.07, 6.45) is 1.91. The van der Waals surface area contributed by atoms with Crippen LogP contribution in [0.2, 0.25) is 0 Å². The van der Waals surface area contributed by atoms with Crippen molar-refractivity contribution in [2.75, 3.05) is 7.05 Å². The van der Waals surface area contributed by atoms with Gasteiger partial charge in [-0.05, 0) is 57.1 Å². The molecule has 110 valence electrons. The van der Waals surface area contributed by atoms with Crippen molar-refractivity contribution in [2.45, 2.75) is 33.9 Å². The zero-order valence-corrected chi connectivity index (χ0v) is 13.0. The van der Waals surface area contributed by atoms with E-state index in [0.717, 1.165) is 30.1 Å². The average molecular weight is 283 g/mol. The summed E-state index contributed by atoms with van der Waals surface area (Å²) in [6, 6.07) is 6.48. The molecule has 3 aromatic rings. The fourth-order valence-corrected chi connectivity index (χ4v) is 2.63. The van der Waals surface area contributed by atoms with Gasteiger partial charge in [0.05, 0.1) is 30.5 Å². The van der Waals surface area contributed by atoms with Gasteiger partial charge < -0.3 is 14.3 Å². The summed E-state index contributed by atoms with van der Waals surface area (Å²) in [5.74, 6) is 1.95. The van der Waals surface area contributed by atoms with Crippen molar-refractivity contribution in [3.8, 4) is 0 Å². The lowest BCUT2D eigenvalue weighted by Crippen LogP contribution is -2.03. The van der Waals surface area contributed by atoms with Crippen LogP contribution in [0.1, 0.15) is 28.2 Å². The van der Waals surface area contributed by atoms with Gasteiger partial charge in [0.15, 0.2) is 0 Å². The van der Waals surface area contributed by atoms with E-state index in [0.29, 0.717) is 0 Å². The Kier molecular flexibility index (Phi) is 3.55. The third-order valence-electron chi connectivity index (χ3n) is 4.00. The van der Waals surface area contributed by atoms with Gasteiger partial charge in [-0.2, -0.15) is 0 Å². The molecule has 0 atom stereocenters. The molecule has 0 unspecified atom stereocenters. The highest BCUT2D eigenvalue weighted by Gasteiger charge is 2.10. The predicted molar refractivity (Wildman–Crippen MR) is 84.5 cm³/mol. The van der Waals surface area contributed by atoms with E-state index in [2.05, 4.69) is 46.9 Å². The molecule has 21 heavy (non-hydrogen) atoms. The highest BCUT2D eigenvalue weighted by molar-refractivity contribution is 5.77. The van der Waals surface area contributed by atoms with Crippen LogP contribution in [0.15, 0.2) is 28.9 Å². The average Bonchev–Trinajstić information content (AvgIpc) is 2.97. The van der Waals surface area contributed by atoms with Gasteiger partial charge in [0.2, 0.25) is 0 Å². The molecule has 0 spiro atoms. The lowest BCUT2D eigenvalue weighted by molar-refractivity contribution is 0.468. The molecule has 0 amide bonds. The summed E-state index contributed by atoms with van der Waals surface area (Å²) < 4.78 is 7.95. The van der Waals surface area contributed by atoms with Crippen LogP contribution in [0.4, 0.5) is 0 Å². The Hall–Kier alpha value is -2.07. The van der Waals surface area contributed by atoms with Crippen LogP contribution in [0.3, 0.4) is 0 Å². The molecular weight excluding hydrogens is 262 g/mol. The Bertz CT molecular complexity index is 783. The fourth-order valence-electron chi connectivity index (χ4n) is 2.63. The zero-order chi connectivity index (χ0) is 15.0. The molecule has 2 heterocycles. The number of benzene rings is 1. The van der Waals surface area contributed by atoms with Gasteiger partial charge in [0, 0.05) is 5.56 Å². The molecule has 0 aliphatic carbocycles. The molecule has 4 nitrogen and oxygen atoms in total. The molecule has 4 heteroatoms. The van der Waals surface area contributed by atoms with E-state index < -0.39 is 0 Å². The van der Waals surface area contributed by atoms with E-state index in [-0.39, 0.29) is 0 Å². The van der Waals surface area contributed by atoms with Crippen LogP contribution in [0.25, 0.3) is 11.0 Å². The van der Waals surface area contributed by atoms with Crippen molar-refractivity contribution in [1.29, 1.82) is 0 Å². The Morgan fingerprint density at radius 3 is 2.67 bits per heavy atom. The highest BCUT2D eigenvalue weighted by Crippen LogP contribution is 2.21. The van der Waals surface area contributed by atoms with Crippen LogP contribution in [0.5, 0.6) is 0 Å². The van der Waals surface area contributed by atoms with Crippen LogP contribution in [-0.2, 0) is 13.1 Å². The summed E-state index contributed by atoms with van der Waals surface area (Å²) in [4.78, 5) is 4.51. The maximum atomic E-state index is 5.76. The van der Waals surface area contributed by atoms with E-state index >= 15 is 0 Å². The smallest absolute Gasteiger partial charge is 0.118 e. The molecule has 0 radical (unpaired) electrons. The first-order chi connectivity index (χ1) is 10.1. The van der Waals surface area contributed by atoms with Crippen molar-refractivity contribution in [2.24, 2.45) is 0 Å². The van der Waals surface area contributed by atoms with Crippen molar-refractivity contribution in [1.82, 2.24) is 14.9 Å². The van der Waals surface area contributed by atoms with Crippen LogP contribution in [0, 0.1) is 20.8 Å². The van der Waals surface area contributed by atoms with Crippen molar-refractivity contribution >= 4 is 11.0 Å². The minimum absolute atomic E-state index is 0.754. The standard InChI is InChI=1S/C17H21N3O/c1-11-5-16-17(6-12(11)2)20(10-19-16)9-14-7-15(8-18-4)21-13(14)3/h5-7,10,18H,8-9H2,1-4H3. The normalized spacial score (nSPS) is 11.4. The molecule has 0 bridgehead atoms. The van der Waals surface area contributed by atoms with Gasteiger partial charge in [0.25, 0.3) is 0 Å². The molecule has 1 N–H and O–H groups in total. The molecule has 0 aliphatic rings. The summed E-state index contributed by atoms with van der Waals surface area (Å²) in [5.41, 5.74) is 6.01. The molecule has 3 rings (SSSR count). The number of hydrogen-bond acceptors (Lipinski definition) is 3. The second kappa shape index (κ2) is 5.37. The topological polar surface area (TPSA) is 43.0 Å². The molecule has 0 fully saturated rings. The number of nitrogens with zero attached hydrogens (tertiary/aromatic N) is 2. The quantitative estimate of drug-likeness (QED) is 0.798. The van der Waals surface area contributed by atoms with Gasteiger partial charge in [-0.3, -0.25) is 0 Å². The van der Waals surface area contributed by atoms with Gasteiger partial charge in [0.1, 0.15) is 11.5 Å². The number of hydrogen-bond donors (Lipinski definition) is 1. The lowest BCUT2D eigenvalue weighted by atomic mass is 10.1. The molecule has 0 saturated heterocycles. The second-order valence-electron chi connectivity index (χ2n) is 5.62. The first-order valence-corrected chi connectivity index (χ1v) is 7.23. The van der Waals surface area contributed by atoms with Crippen LogP contribution >= 0.6 is 0 Å². The largest absolute Gasteiger partial charge is 0.465 e. The lowest BCUT2D eigenvalue weighted by Gasteiger charge is -2.05. The highest BCUT2D eigenvalue weighted by atomic mass is 16.3. The number of aryl methyl sites for hydroxylation is 3. The third kappa shape index (κ3) is 2.59. The molecule has 1 aromatic carbocycles. The van der Waals surface area contributed by atoms with E-state index in [1.54, 1.807) is 0 Å². The minimum Gasteiger partial charge on any atom is -0.465 e. The Morgan fingerprint density at radius 2 is 1.90 bits per heavy atom. The summed E-state index contributed by atoms with van der Waals surface area (Å²) >= 11 is 0. The van der Waals surface area contributed by atoms with Crippen LogP contribution < -0.4 is 5.32 Å². The first-order valence-electron chi connectivity index (χ1n) is 7.23. The molecular formula is C17H21N3O. The Labute approximate surface area is 124 Å². The maximum absolute atomic E-state index is 5.76. The van der Waals surface area contributed by atoms with Crippen LogP contribution in [-0.4, -0.2) is 16.6 Å². The van der Waals surface area contributed by atoms with Crippen molar-refractivity contribution in [3.63, 3.8) is 0 Å². The monoisotopic (exact) mass is 283 g/mol. The Morgan fingerprint density at radius 1 is 1.14 bits per heavy atom. The Balaban J connectivity index is 1.96. The number of furan rings is 1. The van der Waals surface area contributed by atoms with E-state index in [1.165, 1.54) is 22.2 Å². The van der Waals surface area contributed by atoms with Gasteiger partial charge in [-0.25, -0.2) is 4.98 Å². The maximum Gasteiger partial charge on any atom is 0.118 e. The third-order valence-corrected chi connectivity index (χ3v) is 4.00. The van der Waals surface area contributed by atoms with E-state index in [1.807, 2.05) is 20.3 Å². The zero-order valence-electron chi connectivity index (χ0n) is 13.0.